The van der Waals surface area contributed by atoms with Crippen LogP contribution in [0.3, 0.4) is 0 Å². The third kappa shape index (κ3) is 4.41. The van der Waals surface area contributed by atoms with Gasteiger partial charge in [-0.3, -0.25) is 0 Å². The smallest absolute Gasteiger partial charge is 0.337 e. The number of carboxylic acids is 1. The predicted molar refractivity (Wildman–Crippen MR) is 79.2 cm³/mol. The number of hydrogen-bond acceptors (Lipinski definition) is 4. The van der Waals surface area contributed by atoms with Crippen molar-refractivity contribution in [1.29, 1.82) is 0 Å². The Morgan fingerprint density at radius 1 is 1.33 bits per heavy atom. The second-order valence-corrected chi connectivity index (χ2v) is 6.77. The van der Waals surface area contributed by atoms with Crippen molar-refractivity contribution in [3.8, 4) is 0 Å². The minimum atomic E-state index is -3.80. The summed E-state index contributed by atoms with van der Waals surface area (Å²) in [4.78, 5) is 10.8. The average molecular weight is 336 g/mol. The van der Waals surface area contributed by atoms with E-state index in [0.29, 0.717) is 6.42 Å². The summed E-state index contributed by atoms with van der Waals surface area (Å²) >= 11 is 5.80. The quantitative estimate of drug-likeness (QED) is 0.755. The summed E-state index contributed by atoms with van der Waals surface area (Å²) in [6.45, 7) is 1.92. The van der Waals surface area contributed by atoms with E-state index < -0.39 is 16.0 Å². The molecule has 0 saturated heterocycles. The summed E-state index contributed by atoms with van der Waals surface area (Å²) in [6.07, 6.45) is 1.48. The number of carboxylic acid groups (broad SMARTS) is 1. The zero-order chi connectivity index (χ0) is 16.0. The van der Waals surface area contributed by atoms with Gasteiger partial charge in [0, 0.05) is 13.1 Å². The molecule has 0 aliphatic carbocycles. The third-order valence-electron chi connectivity index (χ3n) is 2.92. The van der Waals surface area contributed by atoms with Gasteiger partial charge in [-0.2, -0.15) is 4.31 Å². The highest BCUT2D eigenvalue weighted by Gasteiger charge is 2.24. The first kappa shape index (κ1) is 17.9. The van der Waals surface area contributed by atoms with Gasteiger partial charge in [0.15, 0.2) is 0 Å². The van der Waals surface area contributed by atoms with Crippen LogP contribution in [0, 0.1) is 0 Å². The summed E-state index contributed by atoms with van der Waals surface area (Å²) in [5.41, 5.74) is -0.155. The number of hydrogen-bond donors (Lipinski definition) is 2. The minimum Gasteiger partial charge on any atom is -0.478 e. The van der Waals surface area contributed by atoms with Gasteiger partial charge in [0.1, 0.15) is 0 Å². The van der Waals surface area contributed by atoms with Crippen LogP contribution in [0.15, 0.2) is 23.1 Å². The van der Waals surface area contributed by atoms with Gasteiger partial charge >= 0.3 is 5.97 Å². The summed E-state index contributed by atoms with van der Waals surface area (Å²) in [7, 11) is -3.80. The Bertz CT molecular complexity index is 603. The normalized spacial score (nSPS) is 11.8. The number of sulfonamides is 1. The fourth-order valence-corrected chi connectivity index (χ4v) is 3.60. The molecule has 8 heteroatoms. The molecule has 0 radical (unpaired) electrons. The van der Waals surface area contributed by atoms with Crippen molar-refractivity contribution in [3.63, 3.8) is 0 Å². The molecule has 0 saturated carbocycles. The lowest BCUT2D eigenvalue weighted by atomic mass is 10.2. The molecule has 0 unspecified atom stereocenters. The molecule has 1 aromatic rings. The van der Waals surface area contributed by atoms with Crippen LogP contribution in [0.25, 0.3) is 0 Å². The van der Waals surface area contributed by atoms with Crippen LogP contribution in [-0.4, -0.2) is 48.6 Å². The monoisotopic (exact) mass is 335 g/mol. The Balaban J connectivity index is 3.15. The Kier molecular flexibility index (Phi) is 6.60. The van der Waals surface area contributed by atoms with E-state index in [2.05, 4.69) is 0 Å². The number of aliphatic hydroxyl groups is 1. The standard InChI is InChI=1S/C13H18ClNO5S/c1-2-3-6-15(7-8-16)21(19,20)10-4-5-11(13(17)18)12(14)9-10/h4-5,9,16H,2-3,6-8H2,1H3,(H,17,18). The highest BCUT2D eigenvalue weighted by atomic mass is 35.5. The molecule has 1 aromatic carbocycles. The Labute approximate surface area is 129 Å². The first-order chi connectivity index (χ1) is 9.84. The second-order valence-electron chi connectivity index (χ2n) is 4.43. The fourth-order valence-electron chi connectivity index (χ4n) is 1.78. The molecule has 0 fully saturated rings. The molecule has 0 atom stereocenters. The number of aromatic carboxylic acids is 1. The number of carbonyl (C=O) groups is 1. The van der Waals surface area contributed by atoms with Crippen molar-refractivity contribution in [3.05, 3.63) is 28.8 Å². The number of rotatable bonds is 8. The van der Waals surface area contributed by atoms with Gasteiger partial charge in [-0.05, 0) is 24.6 Å². The summed E-state index contributed by atoms with van der Waals surface area (Å²) < 4.78 is 26.1. The number of nitrogens with zero attached hydrogens (tertiary/aromatic N) is 1. The molecule has 0 spiro atoms. The van der Waals surface area contributed by atoms with Gasteiger partial charge in [0.25, 0.3) is 0 Å². The van der Waals surface area contributed by atoms with E-state index in [0.717, 1.165) is 18.6 Å². The van der Waals surface area contributed by atoms with Crippen LogP contribution in [0.4, 0.5) is 0 Å². The highest BCUT2D eigenvalue weighted by Crippen LogP contribution is 2.23. The van der Waals surface area contributed by atoms with Gasteiger partial charge in [-0.1, -0.05) is 24.9 Å². The van der Waals surface area contributed by atoms with E-state index >= 15 is 0 Å². The van der Waals surface area contributed by atoms with E-state index in [1.165, 1.54) is 10.4 Å². The predicted octanol–water partition coefficient (Wildman–Crippen LogP) is 1.82. The third-order valence-corrected chi connectivity index (χ3v) is 5.13. The van der Waals surface area contributed by atoms with Crippen LogP contribution >= 0.6 is 11.6 Å². The van der Waals surface area contributed by atoms with Crippen LogP contribution in [0.2, 0.25) is 5.02 Å². The number of aliphatic hydroxyl groups excluding tert-OH is 1. The topological polar surface area (TPSA) is 94.9 Å². The maximum Gasteiger partial charge on any atom is 0.337 e. The summed E-state index contributed by atoms with van der Waals surface area (Å²) in [5, 5.41) is 17.8. The van der Waals surface area contributed by atoms with E-state index in [1.807, 2.05) is 6.92 Å². The average Bonchev–Trinajstić information content (AvgIpc) is 2.42. The SMILES string of the molecule is CCCCN(CCO)S(=O)(=O)c1ccc(C(=O)O)c(Cl)c1. The van der Waals surface area contributed by atoms with Crippen molar-refractivity contribution in [2.45, 2.75) is 24.7 Å². The number of unbranched alkanes of at least 4 members (excludes halogenated alkanes) is 1. The van der Waals surface area contributed by atoms with Crippen LogP contribution in [0.1, 0.15) is 30.1 Å². The van der Waals surface area contributed by atoms with Gasteiger partial charge in [0.05, 0.1) is 22.1 Å². The van der Waals surface area contributed by atoms with Crippen molar-refractivity contribution in [2.24, 2.45) is 0 Å². The van der Waals surface area contributed by atoms with Crippen LogP contribution in [0.5, 0.6) is 0 Å². The Hall–Kier alpha value is -1.15. The zero-order valence-electron chi connectivity index (χ0n) is 11.6. The molecule has 118 valence electrons. The lowest BCUT2D eigenvalue weighted by Gasteiger charge is -2.21. The Morgan fingerprint density at radius 2 is 2.00 bits per heavy atom. The van der Waals surface area contributed by atoms with Crippen LogP contribution < -0.4 is 0 Å². The molecule has 1 rings (SSSR count). The molecule has 0 aliphatic heterocycles. The van der Waals surface area contributed by atoms with Crippen molar-refractivity contribution in [2.75, 3.05) is 19.7 Å². The highest BCUT2D eigenvalue weighted by molar-refractivity contribution is 7.89. The molecule has 0 aromatic heterocycles. The van der Waals surface area contributed by atoms with Gasteiger partial charge < -0.3 is 10.2 Å². The molecule has 0 bridgehead atoms. The second kappa shape index (κ2) is 7.74. The minimum absolute atomic E-state index is 0.0133. The van der Waals surface area contributed by atoms with E-state index in [4.69, 9.17) is 21.8 Å². The maximum atomic E-state index is 12.5. The first-order valence-corrected chi connectivity index (χ1v) is 8.30. The van der Waals surface area contributed by atoms with E-state index in [1.54, 1.807) is 0 Å². The maximum absolute atomic E-state index is 12.5. The fraction of sp³-hybridized carbons (Fsp3) is 0.462. The molecule has 0 amide bonds. The first-order valence-electron chi connectivity index (χ1n) is 6.48. The van der Waals surface area contributed by atoms with Gasteiger partial charge in [0.2, 0.25) is 10.0 Å². The van der Waals surface area contributed by atoms with Gasteiger partial charge in [-0.25, -0.2) is 13.2 Å². The molecule has 6 nitrogen and oxygen atoms in total. The summed E-state index contributed by atoms with van der Waals surface area (Å²) in [5.74, 6) is -1.22. The molecule has 0 aliphatic rings. The molecular weight excluding hydrogens is 318 g/mol. The molecule has 0 heterocycles. The molecular formula is C13H18ClNO5S. The van der Waals surface area contributed by atoms with Crippen molar-refractivity contribution < 1.29 is 23.4 Å². The number of halogens is 1. The van der Waals surface area contributed by atoms with Crippen molar-refractivity contribution >= 4 is 27.6 Å². The van der Waals surface area contributed by atoms with Crippen LogP contribution in [-0.2, 0) is 10.0 Å². The molecule has 2 N–H and O–H groups in total. The van der Waals surface area contributed by atoms with Crippen molar-refractivity contribution in [1.82, 2.24) is 4.31 Å². The Morgan fingerprint density at radius 3 is 2.48 bits per heavy atom. The zero-order valence-corrected chi connectivity index (χ0v) is 13.2. The van der Waals surface area contributed by atoms with Gasteiger partial charge in [-0.15, -0.1) is 0 Å². The lowest BCUT2D eigenvalue weighted by Crippen LogP contribution is -2.34. The summed E-state index contributed by atoms with van der Waals surface area (Å²) in [6, 6.07) is 3.49. The lowest BCUT2D eigenvalue weighted by molar-refractivity contribution is 0.0697. The van der Waals surface area contributed by atoms with E-state index in [9.17, 15) is 13.2 Å². The van der Waals surface area contributed by atoms with E-state index in [-0.39, 0.29) is 35.2 Å². The largest absolute Gasteiger partial charge is 0.478 e. The number of benzene rings is 1. The molecule has 21 heavy (non-hydrogen) atoms.